The molecule has 2 N–H and O–H groups in total. The van der Waals surface area contributed by atoms with Gasteiger partial charge in [-0.15, -0.1) is 12.4 Å². The van der Waals surface area contributed by atoms with Gasteiger partial charge in [0.1, 0.15) is 23.5 Å². The van der Waals surface area contributed by atoms with Crippen LogP contribution in [-0.4, -0.2) is 39.5 Å². The van der Waals surface area contributed by atoms with Crippen molar-refractivity contribution in [1.29, 1.82) is 0 Å². The number of nitrogens with two attached hydrogens (primary N) is 1. The number of hydrogen-bond donors (Lipinski definition) is 1. The summed E-state index contributed by atoms with van der Waals surface area (Å²) in [4.78, 5) is 8.57. The maximum absolute atomic E-state index is 6.10. The van der Waals surface area contributed by atoms with E-state index in [-0.39, 0.29) is 12.4 Å². The van der Waals surface area contributed by atoms with Gasteiger partial charge in [-0.05, 0) is 43.7 Å². The molecule has 8 heteroatoms. The molecule has 0 spiro atoms. The normalized spacial score (nSPS) is 18.7. The first-order valence-electron chi connectivity index (χ1n) is 9.61. The predicted octanol–water partition coefficient (Wildman–Crippen LogP) is 3.66. The van der Waals surface area contributed by atoms with Gasteiger partial charge in [0.25, 0.3) is 0 Å². The standard InChI is InChI=1S/C21H25N5O2.ClH/c1-27-19-5-3-2-4-18(19)26-12-16(10-25-26)21-20(11-23-14-24-21)28-13-15-6-8-17(22)9-7-15;/h2-5,10-12,14-15,17H,6-9,13,22H2,1H3;1H. The van der Waals surface area contributed by atoms with Gasteiger partial charge in [0.05, 0.1) is 26.1 Å². The van der Waals surface area contributed by atoms with Crippen LogP contribution in [-0.2, 0) is 0 Å². The minimum absolute atomic E-state index is 0. The highest BCUT2D eigenvalue weighted by Gasteiger charge is 2.20. The number of aromatic nitrogens is 4. The van der Waals surface area contributed by atoms with Gasteiger partial charge in [0, 0.05) is 17.8 Å². The topological polar surface area (TPSA) is 88.1 Å². The smallest absolute Gasteiger partial charge is 0.163 e. The van der Waals surface area contributed by atoms with Crippen LogP contribution in [0.3, 0.4) is 0 Å². The minimum atomic E-state index is 0. The van der Waals surface area contributed by atoms with E-state index in [1.54, 1.807) is 24.2 Å². The Hall–Kier alpha value is -2.64. The number of halogens is 1. The van der Waals surface area contributed by atoms with Gasteiger partial charge in [-0.25, -0.2) is 14.6 Å². The number of nitrogens with zero attached hydrogens (tertiary/aromatic N) is 4. The fraction of sp³-hybridized carbons (Fsp3) is 0.381. The number of rotatable bonds is 6. The Labute approximate surface area is 176 Å². The SMILES string of the molecule is COc1ccccc1-n1cc(-c2ncncc2OCC2CCC(N)CC2)cn1.Cl. The number of para-hydroxylation sites is 2. The zero-order chi connectivity index (χ0) is 19.3. The molecule has 0 atom stereocenters. The van der Waals surface area contributed by atoms with Crippen LogP contribution >= 0.6 is 12.4 Å². The van der Waals surface area contributed by atoms with Crippen molar-refractivity contribution in [3.05, 3.63) is 49.2 Å². The summed E-state index contributed by atoms with van der Waals surface area (Å²) >= 11 is 0. The molecular weight excluding hydrogens is 390 g/mol. The number of ether oxygens (including phenoxy) is 2. The second kappa shape index (κ2) is 9.71. The molecule has 1 aliphatic carbocycles. The fourth-order valence-electron chi connectivity index (χ4n) is 3.60. The van der Waals surface area contributed by atoms with Gasteiger partial charge >= 0.3 is 0 Å². The highest BCUT2D eigenvalue weighted by molar-refractivity contribution is 5.85. The van der Waals surface area contributed by atoms with E-state index in [9.17, 15) is 0 Å². The first kappa shape index (κ1) is 21.1. The molecule has 1 aliphatic rings. The largest absolute Gasteiger partial charge is 0.494 e. The van der Waals surface area contributed by atoms with Crippen molar-refractivity contribution < 1.29 is 9.47 Å². The fourth-order valence-corrected chi connectivity index (χ4v) is 3.60. The molecule has 29 heavy (non-hydrogen) atoms. The van der Waals surface area contributed by atoms with Crippen molar-refractivity contribution in [3.8, 4) is 28.4 Å². The Morgan fingerprint density at radius 3 is 2.69 bits per heavy atom. The van der Waals surface area contributed by atoms with Gasteiger partial charge in [0.15, 0.2) is 5.75 Å². The van der Waals surface area contributed by atoms with Gasteiger partial charge in [-0.2, -0.15) is 5.10 Å². The first-order valence-corrected chi connectivity index (χ1v) is 9.61. The molecular formula is C21H26ClN5O2. The molecule has 0 bridgehead atoms. The summed E-state index contributed by atoms with van der Waals surface area (Å²) in [5, 5.41) is 4.48. The van der Waals surface area contributed by atoms with E-state index < -0.39 is 0 Å². The maximum atomic E-state index is 6.10. The molecule has 0 saturated heterocycles. The first-order chi connectivity index (χ1) is 13.7. The summed E-state index contributed by atoms with van der Waals surface area (Å²) in [7, 11) is 1.65. The summed E-state index contributed by atoms with van der Waals surface area (Å²) in [6.45, 7) is 0.660. The van der Waals surface area contributed by atoms with E-state index in [1.165, 1.54) is 6.33 Å². The van der Waals surface area contributed by atoms with E-state index in [0.717, 1.165) is 48.4 Å². The van der Waals surface area contributed by atoms with E-state index in [4.69, 9.17) is 15.2 Å². The Bertz CT molecular complexity index is 925. The number of hydrogen-bond acceptors (Lipinski definition) is 6. The molecule has 1 fully saturated rings. The Morgan fingerprint density at radius 1 is 1.10 bits per heavy atom. The third kappa shape index (κ3) is 4.86. The Morgan fingerprint density at radius 2 is 1.90 bits per heavy atom. The van der Waals surface area contributed by atoms with Crippen molar-refractivity contribution in [2.24, 2.45) is 11.7 Å². The lowest BCUT2D eigenvalue weighted by atomic mass is 9.87. The summed E-state index contributed by atoms with van der Waals surface area (Å²) < 4.78 is 13.3. The molecule has 1 aromatic carbocycles. The lowest BCUT2D eigenvalue weighted by Crippen LogP contribution is -2.28. The predicted molar refractivity (Wildman–Crippen MR) is 114 cm³/mol. The summed E-state index contributed by atoms with van der Waals surface area (Å²) in [6.07, 6.45) is 11.3. The third-order valence-corrected chi connectivity index (χ3v) is 5.23. The Kier molecular flexibility index (Phi) is 7.06. The van der Waals surface area contributed by atoms with Crippen molar-refractivity contribution in [3.63, 3.8) is 0 Å². The molecule has 154 valence electrons. The summed E-state index contributed by atoms with van der Waals surface area (Å²) in [5.74, 6) is 1.97. The molecule has 7 nitrogen and oxygen atoms in total. The average molecular weight is 416 g/mol. The average Bonchev–Trinajstić information content (AvgIpc) is 3.23. The van der Waals surface area contributed by atoms with Crippen LogP contribution in [0.25, 0.3) is 16.9 Å². The van der Waals surface area contributed by atoms with Crippen LogP contribution in [0, 0.1) is 5.92 Å². The maximum Gasteiger partial charge on any atom is 0.163 e. The molecule has 2 heterocycles. The molecule has 2 aromatic heterocycles. The molecule has 4 rings (SSSR count). The van der Waals surface area contributed by atoms with Crippen LogP contribution in [0.1, 0.15) is 25.7 Å². The third-order valence-electron chi connectivity index (χ3n) is 5.23. The Balaban J connectivity index is 0.00000240. The van der Waals surface area contributed by atoms with Crippen molar-refractivity contribution in [2.75, 3.05) is 13.7 Å². The quantitative estimate of drug-likeness (QED) is 0.661. The van der Waals surface area contributed by atoms with Crippen LogP contribution in [0.5, 0.6) is 11.5 Å². The molecule has 0 amide bonds. The molecule has 0 aliphatic heterocycles. The minimum Gasteiger partial charge on any atom is -0.494 e. The second-order valence-corrected chi connectivity index (χ2v) is 7.17. The van der Waals surface area contributed by atoms with Crippen LogP contribution in [0.2, 0.25) is 0 Å². The van der Waals surface area contributed by atoms with Crippen LogP contribution in [0.15, 0.2) is 49.2 Å². The summed E-state index contributed by atoms with van der Waals surface area (Å²) in [6, 6.07) is 8.09. The molecule has 0 unspecified atom stereocenters. The zero-order valence-corrected chi connectivity index (χ0v) is 17.2. The van der Waals surface area contributed by atoms with Gasteiger partial charge < -0.3 is 15.2 Å². The zero-order valence-electron chi connectivity index (χ0n) is 16.4. The lowest BCUT2D eigenvalue weighted by Gasteiger charge is -2.26. The highest BCUT2D eigenvalue weighted by Crippen LogP contribution is 2.30. The summed E-state index contributed by atoms with van der Waals surface area (Å²) in [5.41, 5.74) is 8.47. The van der Waals surface area contributed by atoms with Crippen molar-refractivity contribution >= 4 is 12.4 Å². The number of methoxy groups -OCH3 is 1. The van der Waals surface area contributed by atoms with Gasteiger partial charge in [-0.3, -0.25) is 0 Å². The second-order valence-electron chi connectivity index (χ2n) is 7.17. The monoisotopic (exact) mass is 415 g/mol. The van der Waals surface area contributed by atoms with E-state index >= 15 is 0 Å². The van der Waals surface area contributed by atoms with Crippen LogP contribution < -0.4 is 15.2 Å². The van der Waals surface area contributed by atoms with Crippen molar-refractivity contribution in [2.45, 2.75) is 31.7 Å². The van der Waals surface area contributed by atoms with E-state index in [1.807, 2.05) is 30.5 Å². The molecule has 0 radical (unpaired) electrons. The number of benzene rings is 1. The van der Waals surface area contributed by atoms with Gasteiger partial charge in [0.2, 0.25) is 0 Å². The lowest BCUT2D eigenvalue weighted by molar-refractivity contribution is 0.200. The van der Waals surface area contributed by atoms with E-state index in [0.29, 0.717) is 24.3 Å². The highest BCUT2D eigenvalue weighted by atomic mass is 35.5. The molecule has 1 saturated carbocycles. The van der Waals surface area contributed by atoms with E-state index in [2.05, 4.69) is 15.1 Å². The van der Waals surface area contributed by atoms with Crippen LogP contribution in [0.4, 0.5) is 0 Å². The van der Waals surface area contributed by atoms with Gasteiger partial charge in [-0.1, -0.05) is 12.1 Å². The van der Waals surface area contributed by atoms with Crippen molar-refractivity contribution in [1.82, 2.24) is 19.7 Å². The molecule has 3 aromatic rings.